The topological polar surface area (TPSA) is 17.1 Å². The molecule has 1 rings (SSSR count). The Labute approximate surface area is 105 Å². The zero-order valence-electron chi connectivity index (χ0n) is 11.1. The van der Waals surface area contributed by atoms with E-state index in [-0.39, 0.29) is 5.92 Å². The van der Waals surface area contributed by atoms with Crippen molar-refractivity contribution in [3.8, 4) is 0 Å². The number of Topliss-reactive ketones (excluding diaryl/α,β-unsaturated/α-hetero) is 1. The molecule has 0 amide bonds. The molecule has 0 aromatic heterocycles. The number of carbonyl (C=O) groups excluding carboxylic acids is 1. The van der Waals surface area contributed by atoms with E-state index < -0.39 is 0 Å². The summed E-state index contributed by atoms with van der Waals surface area (Å²) >= 11 is 0. The Morgan fingerprint density at radius 2 is 1.76 bits per heavy atom. The molecule has 0 N–H and O–H groups in total. The molecule has 0 aliphatic carbocycles. The van der Waals surface area contributed by atoms with Gasteiger partial charge in [-0.25, -0.2) is 0 Å². The summed E-state index contributed by atoms with van der Waals surface area (Å²) < 4.78 is 0. The number of benzene rings is 1. The first kappa shape index (κ1) is 14.0. The van der Waals surface area contributed by atoms with Gasteiger partial charge in [0.05, 0.1) is 0 Å². The van der Waals surface area contributed by atoms with E-state index in [1.54, 1.807) is 0 Å². The van der Waals surface area contributed by atoms with Crippen molar-refractivity contribution in [2.45, 2.75) is 58.3 Å². The maximum Gasteiger partial charge on any atom is 0.140 e. The van der Waals surface area contributed by atoms with Gasteiger partial charge in [-0.3, -0.25) is 4.79 Å². The van der Waals surface area contributed by atoms with Crippen molar-refractivity contribution < 1.29 is 4.79 Å². The molecule has 1 atom stereocenters. The van der Waals surface area contributed by atoms with Gasteiger partial charge in [0, 0.05) is 12.3 Å². The summed E-state index contributed by atoms with van der Waals surface area (Å²) in [5.74, 6) is 0.546. The van der Waals surface area contributed by atoms with Gasteiger partial charge in [-0.1, -0.05) is 63.4 Å². The van der Waals surface area contributed by atoms with Crippen molar-refractivity contribution in [3.05, 3.63) is 35.9 Å². The lowest BCUT2D eigenvalue weighted by Gasteiger charge is -2.15. The Morgan fingerprint density at radius 1 is 1.06 bits per heavy atom. The largest absolute Gasteiger partial charge is 0.299 e. The fourth-order valence-electron chi connectivity index (χ4n) is 2.21. The fraction of sp³-hybridized carbons (Fsp3) is 0.562. The second kappa shape index (κ2) is 8.05. The number of unbranched alkanes of at least 4 members (excludes halogenated alkanes) is 2. The smallest absolute Gasteiger partial charge is 0.140 e. The van der Waals surface area contributed by atoms with E-state index in [1.165, 1.54) is 18.4 Å². The van der Waals surface area contributed by atoms with E-state index in [2.05, 4.69) is 26.0 Å². The summed E-state index contributed by atoms with van der Waals surface area (Å²) in [7, 11) is 0. The van der Waals surface area contributed by atoms with Crippen LogP contribution < -0.4 is 0 Å². The van der Waals surface area contributed by atoms with Crippen LogP contribution in [-0.2, 0) is 4.79 Å². The molecule has 1 aromatic rings. The Kier molecular flexibility index (Phi) is 6.61. The first-order valence-corrected chi connectivity index (χ1v) is 6.87. The quantitative estimate of drug-likeness (QED) is 0.593. The summed E-state index contributed by atoms with van der Waals surface area (Å²) in [4.78, 5) is 12.2. The zero-order chi connectivity index (χ0) is 12.5. The molecule has 1 nitrogen and oxygen atoms in total. The Balaban J connectivity index is 2.62. The molecule has 0 saturated carbocycles. The van der Waals surface area contributed by atoms with E-state index in [4.69, 9.17) is 0 Å². The van der Waals surface area contributed by atoms with Gasteiger partial charge in [-0.15, -0.1) is 0 Å². The number of rotatable bonds is 8. The summed E-state index contributed by atoms with van der Waals surface area (Å²) in [5.41, 5.74) is 1.19. The van der Waals surface area contributed by atoms with E-state index in [9.17, 15) is 4.79 Å². The average Bonchev–Trinajstić information content (AvgIpc) is 2.37. The van der Waals surface area contributed by atoms with Gasteiger partial charge in [0.15, 0.2) is 0 Å². The minimum Gasteiger partial charge on any atom is -0.299 e. The van der Waals surface area contributed by atoms with Crippen molar-refractivity contribution in [3.63, 3.8) is 0 Å². The number of ketones is 1. The van der Waals surface area contributed by atoms with Gasteiger partial charge in [0.1, 0.15) is 5.78 Å². The van der Waals surface area contributed by atoms with E-state index in [0.29, 0.717) is 5.78 Å². The maximum absolute atomic E-state index is 12.2. The third-order valence-corrected chi connectivity index (χ3v) is 3.19. The van der Waals surface area contributed by atoms with Crippen LogP contribution in [0, 0.1) is 0 Å². The molecule has 0 radical (unpaired) electrons. The predicted molar refractivity (Wildman–Crippen MR) is 73.2 cm³/mol. The number of hydrogen-bond acceptors (Lipinski definition) is 1. The van der Waals surface area contributed by atoms with Crippen LogP contribution >= 0.6 is 0 Å². The van der Waals surface area contributed by atoms with Crippen LogP contribution in [-0.4, -0.2) is 5.78 Å². The third kappa shape index (κ3) is 4.72. The van der Waals surface area contributed by atoms with Gasteiger partial charge in [-0.05, 0) is 18.4 Å². The molecule has 0 aliphatic rings. The standard InChI is InChI=1S/C16H24O/c1-3-5-7-13-16(17)15(10-4-2)14-11-8-6-9-12-14/h6,8-9,11-12,15H,3-5,7,10,13H2,1-2H3. The van der Waals surface area contributed by atoms with Crippen LogP contribution in [0.1, 0.15) is 63.9 Å². The van der Waals surface area contributed by atoms with Crippen molar-refractivity contribution in [1.29, 1.82) is 0 Å². The third-order valence-electron chi connectivity index (χ3n) is 3.19. The molecule has 0 aliphatic heterocycles. The monoisotopic (exact) mass is 232 g/mol. The first-order chi connectivity index (χ1) is 8.29. The van der Waals surface area contributed by atoms with Crippen LogP contribution in [0.25, 0.3) is 0 Å². The zero-order valence-corrected chi connectivity index (χ0v) is 11.1. The molecule has 1 aromatic carbocycles. The highest BCUT2D eigenvalue weighted by molar-refractivity contribution is 5.85. The normalized spacial score (nSPS) is 12.4. The van der Waals surface area contributed by atoms with Crippen LogP contribution in [0.4, 0.5) is 0 Å². The molecule has 94 valence electrons. The summed E-state index contributed by atoms with van der Waals surface area (Å²) in [6.45, 7) is 4.32. The van der Waals surface area contributed by atoms with Crippen molar-refractivity contribution in [2.24, 2.45) is 0 Å². The summed E-state index contributed by atoms with van der Waals surface area (Å²) in [6.07, 6.45) is 6.18. The van der Waals surface area contributed by atoms with Gasteiger partial charge < -0.3 is 0 Å². The number of hydrogen-bond donors (Lipinski definition) is 0. The van der Waals surface area contributed by atoms with Gasteiger partial charge in [-0.2, -0.15) is 0 Å². The Hall–Kier alpha value is -1.11. The second-order valence-electron chi connectivity index (χ2n) is 4.68. The van der Waals surface area contributed by atoms with Gasteiger partial charge >= 0.3 is 0 Å². The molecule has 0 saturated heterocycles. The Morgan fingerprint density at radius 3 is 2.35 bits per heavy atom. The minimum absolute atomic E-state index is 0.123. The molecule has 0 bridgehead atoms. The SMILES string of the molecule is CCCCCC(=O)C(CCC)c1ccccc1. The molecular formula is C16H24O. The summed E-state index contributed by atoms with van der Waals surface area (Å²) in [5, 5.41) is 0. The van der Waals surface area contributed by atoms with Gasteiger partial charge in [0.2, 0.25) is 0 Å². The lowest BCUT2D eigenvalue weighted by Crippen LogP contribution is -2.12. The predicted octanol–water partition coefficient (Wildman–Crippen LogP) is 4.72. The lowest BCUT2D eigenvalue weighted by molar-refractivity contribution is -0.120. The molecule has 1 heteroatoms. The van der Waals surface area contributed by atoms with Crippen LogP contribution in [0.2, 0.25) is 0 Å². The highest BCUT2D eigenvalue weighted by Crippen LogP contribution is 2.24. The molecule has 0 spiro atoms. The van der Waals surface area contributed by atoms with Crippen LogP contribution in [0.3, 0.4) is 0 Å². The highest BCUT2D eigenvalue weighted by atomic mass is 16.1. The van der Waals surface area contributed by atoms with E-state index >= 15 is 0 Å². The van der Waals surface area contributed by atoms with Crippen LogP contribution in [0.15, 0.2) is 30.3 Å². The molecule has 0 heterocycles. The molecular weight excluding hydrogens is 208 g/mol. The Bertz CT molecular complexity index is 316. The number of carbonyl (C=O) groups is 1. The lowest BCUT2D eigenvalue weighted by atomic mass is 9.88. The molecule has 1 unspecified atom stereocenters. The van der Waals surface area contributed by atoms with Crippen molar-refractivity contribution in [1.82, 2.24) is 0 Å². The second-order valence-corrected chi connectivity index (χ2v) is 4.68. The highest BCUT2D eigenvalue weighted by Gasteiger charge is 2.18. The van der Waals surface area contributed by atoms with Crippen molar-refractivity contribution in [2.75, 3.05) is 0 Å². The van der Waals surface area contributed by atoms with Crippen LogP contribution in [0.5, 0.6) is 0 Å². The minimum atomic E-state index is 0.123. The molecule has 17 heavy (non-hydrogen) atoms. The summed E-state index contributed by atoms with van der Waals surface area (Å²) in [6, 6.07) is 10.2. The fourth-order valence-corrected chi connectivity index (χ4v) is 2.21. The van der Waals surface area contributed by atoms with E-state index in [0.717, 1.165) is 25.7 Å². The van der Waals surface area contributed by atoms with Gasteiger partial charge in [0.25, 0.3) is 0 Å². The van der Waals surface area contributed by atoms with Crippen molar-refractivity contribution >= 4 is 5.78 Å². The average molecular weight is 232 g/mol. The maximum atomic E-state index is 12.2. The van der Waals surface area contributed by atoms with E-state index in [1.807, 2.05) is 18.2 Å². The first-order valence-electron chi connectivity index (χ1n) is 6.87. The molecule has 0 fully saturated rings.